The van der Waals surface area contributed by atoms with E-state index in [9.17, 15) is 4.79 Å². The molecule has 0 amide bonds. The minimum absolute atomic E-state index is 0.192. The van der Waals surface area contributed by atoms with Crippen molar-refractivity contribution < 1.29 is 0 Å². The van der Waals surface area contributed by atoms with Crippen LogP contribution in [0.3, 0.4) is 0 Å². The molecule has 0 spiro atoms. The Morgan fingerprint density at radius 1 is 0.833 bits per heavy atom. The predicted molar refractivity (Wildman–Crippen MR) is 118 cm³/mol. The van der Waals surface area contributed by atoms with Gasteiger partial charge in [-0.2, -0.15) is 4.98 Å². The molecule has 1 fully saturated rings. The minimum atomic E-state index is -0.192. The second-order valence-electron chi connectivity index (χ2n) is 7.47. The molecule has 4 aromatic rings. The highest BCUT2D eigenvalue weighted by Gasteiger charge is 2.20. The van der Waals surface area contributed by atoms with E-state index < -0.39 is 0 Å². The average Bonchev–Trinajstić information content (AvgIpc) is 2.80. The lowest BCUT2D eigenvalue weighted by Gasteiger charge is -2.32. The van der Waals surface area contributed by atoms with Crippen LogP contribution in [0.15, 0.2) is 71.7 Å². The maximum absolute atomic E-state index is 13.5. The quantitative estimate of drug-likeness (QED) is 0.529. The molecule has 0 saturated carbocycles. The molecule has 2 aromatic carbocycles. The van der Waals surface area contributed by atoms with Crippen molar-refractivity contribution in [1.29, 1.82) is 0 Å². The summed E-state index contributed by atoms with van der Waals surface area (Å²) in [6.45, 7) is 3.62. The van der Waals surface area contributed by atoms with Crippen LogP contribution in [0.25, 0.3) is 28.1 Å². The van der Waals surface area contributed by atoms with Crippen LogP contribution in [-0.4, -0.2) is 57.6 Å². The first-order valence-electron chi connectivity index (χ1n) is 10.0. The van der Waals surface area contributed by atoms with Gasteiger partial charge >= 0.3 is 0 Å². The number of anilines is 1. The summed E-state index contributed by atoms with van der Waals surface area (Å²) >= 11 is 0. The molecule has 3 heterocycles. The lowest BCUT2D eigenvalue weighted by atomic mass is 10.1. The van der Waals surface area contributed by atoms with Crippen LogP contribution in [0.4, 0.5) is 5.95 Å². The summed E-state index contributed by atoms with van der Waals surface area (Å²) < 4.78 is 1.64. The van der Waals surface area contributed by atoms with Gasteiger partial charge in [0.2, 0.25) is 5.95 Å². The molecule has 0 radical (unpaired) electrons. The van der Waals surface area contributed by atoms with E-state index in [1.165, 1.54) is 0 Å². The molecule has 150 valence electrons. The summed E-state index contributed by atoms with van der Waals surface area (Å²) in [6, 6.07) is 19.1. The highest BCUT2D eigenvalue weighted by Crippen LogP contribution is 2.21. The third-order valence-corrected chi connectivity index (χ3v) is 5.43. The zero-order chi connectivity index (χ0) is 20.5. The number of nitrogens with zero attached hydrogens (tertiary/aromatic N) is 6. The number of rotatable bonds is 3. The van der Waals surface area contributed by atoms with E-state index in [0.717, 1.165) is 37.4 Å². The van der Waals surface area contributed by atoms with Crippen LogP contribution in [0.5, 0.6) is 0 Å². The van der Waals surface area contributed by atoms with Crippen molar-refractivity contribution in [2.75, 3.05) is 38.1 Å². The maximum Gasteiger partial charge on any atom is 0.283 e. The number of hydrogen-bond acceptors (Lipinski definition) is 6. The van der Waals surface area contributed by atoms with Crippen LogP contribution in [0.1, 0.15) is 0 Å². The summed E-state index contributed by atoms with van der Waals surface area (Å²) in [5, 5.41) is 0. The molecule has 1 saturated heterocycles. The van der Waals surface area contributed by atoms with Crippen LogP contribution in [0.2, 0.25) is 0 Å². The molecule has 1 aliphatic heterocycles. The molecule has 30 heavy (non-hydrogen) atoms. The van der Waals surface area contributed by atoms with Crippen LogP contribution < -0.4 is 10.5 Å². The van der Waals surface area contributed by atoms with Gasteiger partial charge in [-0.1, -0.05) is 48.5 Å². The van der Waals surface area contributed by atoms with Gasteiger partial charge in [0.15, 0.2) is 5.65 Å². The van der Waals surface area contributed by atoms with E-state index in [1.54, 1.807) is 10.8 Å². The molecule has 0 aliphatic carbocycles. The molecule has 0 N–H and O–H groups in total. The summed E-state index contributed by atoms with van der Waals surface area (Å²) in [5.74, 6) is 0.633. The van der Waals surface area contributed by atoms with Gasteiger partial charge in [-0.25, -0.2) is 9.97 Å². The van der Waals surface area contributed by atoms with E-state index in [4.69, 9.17) is 4.98 Å². The number of fused-ring (bicyclic) bond motifs is 1. The lowest BCUT2D eigenvalue weighted by Crippen LogP contribution is -2.45. The largest absolute Gasteiger partial charge is 0.338 e. The molecule has 0 atom stereocenters. The van der Waals surface area contributed by atoms with Gasteiger partial charge in [-0.3, -0.25) is 9.36 Å². The van der Waals surface area contributed by atoms with Gasteiger partial charge in [0.05, 0.1) is 11.9 Å². The van der Waals surface area contributed by atoms with Gasteiger partial charge in [0.25, 0.3) is 5.56 Å². The third kappa shape index (κ3) is 3.33. The Bertz CT molecular complexity index is 1230. The summed E-state index contributed by atoms with van der Waals surface area (Å²) in [5.41, 5.74) is 2.85. The second kappa shape index (κ2) is 7.68. The van der Waals surface area contributed by atoms with Crippen LogP contribution in [0, 0.1) is 0 Å². The zero-order valence-corrected chi connectivity index (χ0v) is 16.8. The average molecular weight is 398 g/mol. The molecule has 0 bridgehead atoms. The maximum atomic E-state index is 13.5. The highest BCUT2D eigenvalue weighted by atomic mass is 16.1. The van der Waals surface area contributed by atoms with Gasteiger partial charge < -0.3 is 9.80 Å². The minimum Gasteiger partial charge on any atom is -0.338 e. The van der Waals surface area contributed by atoms with Crippen molar-refractivity contribution in [2.24, 2.45) is 0 Å². The monoisotopic (exact) mass is 398 g/mol. The number of aromatic nitrogens is 4. The first kappa shape index (κ1) is 18.4. The fourth-order valence-electron chi connectivity index (χ4n) is 3.73. The highest BCUT2D eigenvalue weighted by molar-refractivity contribution is 5.76. The van der Waals surface area contributed by atoms with Crippen molar-refractivity contribution in [2.45, 2.75) is 0 Å². The summed E-state index contributed by atoms with van der Waals surface area (Å²) in [4.78, 5) is 32.0. The Labute approximate surface area is 174 Å². The van der Waals surface area contributed by atoms with E-state index in [2.05, 4.69) is 26.8 Å². The lowest BCUT2D eigenvalue weighted by molar-refractivity contribution is 0.311. The smallest absolute Gasteiger partial charge is 0.283 e. The van der Waals surface area contributed by atoms with Gasteiger partial charge in [-0.05, 0) is 19.2 Å². The number of piperazine rings is 1. The van der Waals surface area contributed by atoms with Gasteiger partial charge in [0.1, 0.15) is 11.2 Å². The Morgan fingerprint density at radius 2 is 1.50 bits per heavy atom. The van der Waals surface area contributed by atoms with Crippen molar-refractivity contribution in [3.8, 4) is 16.9 Å². The van der Waals surface area contributed by atoms with Crippen molar-refractivity contribution in [3.05, 3.63) is 77.2 Å². The fraction of sp³-hybridized carbons (Fsp3) is 0.217. The number of hydrogen-bond donors (Lipinski definition) is 0. The van der Waals surface area contributed by atoms with Gasteiger partial charge in [0, 0.05) is 31.7 Å². The van der Waals surface area contributed by atoms with E-state index in [0.29, 0.717) is 22.8 Å². The molecular weight excluding hydrogens is 376 g/mol. The van der Waals surface area contributed by atoms with Crippen molar-refractivity contribution in [1.82, 2.24) is 24.4 Å². The Balaban J connectivity index is 1.73. The summed E-state index contributed by atoms with van der Waals surface area (Å²) in [7, 11) is 2.11. The van der Waals surface area contributed by atoms with Crippen LogP contribution >= 0.6 is 0 Å². The predicted octanol–water partition coefficient (Wildman–Crippen LogP) is 2.59. The standard InChI is InChI=1S/C23H22N6O/c1-27-12-14-28(15-13-27)23-24-16-19-21(26-23)29(18-10-6-3-7-11-18)22(30)20(25-19)17-8-4-2-5-9-17/h2-11,16H,12-15H2,1H3. The van der Waals surface area contributed by atoms with E-state index >= 15 is 0 Å². The fourth-order valence-corrected chi connectivity index (χ4v) is 3.73. The van der Waals surface area contributed by atoms with Crippen molar-refractivity contribution in [3.63, 3.8) is 0 Å². The Hall–Kier alpha value is -3.58. The molecule has 1 aliphatic rings. The Morgan fingerprint density at radius 3 is 2.20 bits per heavy atom. The Kier molecular flexibility index (Phi) is 4.72. The number of likely N-dealkylation sites (N-methyl/N-ethyl adjacent to an activating group) is 1. The molecule has 7 heteroatoms. The first-order valence-corrected chi connectivity index (χ1v) is 10.0. The molecule has 7 nitrogen and oxygen atoms in total. The number of benzene rings is 2. The molecule has 0 unspecified atom stereocenters. The normalized spacial score (nSPS) is 14.9. The second-order valence-corrected chi connectivity index (χ2v) is 7.47. The van der Waals surface area contributed by atoms with Crippen LogP contribution in [-0.2, 0) is 0 Å². The molecule has 2 aromatic heterocycles. The summed E-state index contributed by atoms with van der Waals surface area (Å²) in [6.07, 6.45) is 1.72. The van der Waals surface area contributed by atoms with Gasteiger partial charge in [-0.15, -0.1) is 0 Å². The zero-order valence-electron chi connectivity index (χ0n) is 16.8. The first-order chi connectivity index (χ1) is 14.7. The molecule has 5 rings (SSSR count). The van der Waals surface area contributed by atoms with E-state index in [-0.39, 0.29) is 5.56 Å². The molecular formula is C23H22N6O. The number of para-hydroxylation sites is 1. The topological polar surface area (TPSA) is 67.2 Å². The van der Waals surface area contributed by atoms with Crippen molar-refractivity contribution >= 4 is 17.1 Å². The third-order valence-electron chi connectivity index (χ3n) is 5.43. The van der Waals surface area contributed by atoms with E-state index in [1.807, 2.05) is 60.7 Å². The SMILES string of the molecule is CN1CCN(c2ncc3nc(-c4ccccc4)c(=O)n(-c4ccccc4)c3n2)CC1.